The van der Waals surface area contributed by atoms with Gasteiger partial charge in [-0.3, -0.25) is 4.98 Å². The first-order chi connectivity index (χ1) is 10.0. The number of rotatable bonds is 2. The van der Waals surface area contributed by atoms with Crippen molar-refractivity contribution in [1.29, 1.82) is 0 Å². The van der Waals surface area contributed by atoms with Crippen molar-refractivity contribution in [2.24, 2.45) is 0 Å². The third kappa shape index (κ3) is 2.51. The maximum atomic E-state index is 12.6. The van der Waals surface area contributed by atoms with Gasteiger partial charge in [-0.1, -0.05) is 6.92 Å². The Kier molecular flexibility index (Phi) is 3.40. The van der Waals surface area contributed by atoms with Crippen LogP contribution in [-0.2, 0) is 12.7 Å². The second-order valence-corrected chi connectivity index (χ2v) is 4.88. The Balaban J connectivity index is 1.97. The van der Waals surface area contributed by atoms with Gasteiger partial charge in [-0.05, 0) is 18.6 Å². The SMILES string of the molecule is CCC1NCCn2c(-c3ccc(C(F)(F)F)cn3)nnc21. The number of alkyl halides is 3. The Morgan fingerprint density at radius 2 is 2.14 bits per heavy atom. The molecule has 0 spiro atoms. The van der Waals surface area contributed by atoms with Crippen molar-refractivity contribution in [2.75, 3.05) is 6.54 Å². The zero-order chi connectivity index (χ0) is 15.0. The molecule has 0 radical (unpaired) electrons. The standard InChI is InChI=1S/C13H14F3N5/c1-2-9-11-19-20-12(21(11)6-5-17-9)10-4-3-8(7-18-10)13(14,15)16/h3-4,7,9,17H,2,5-6H2,1H3. The summed E-state index contributed by atoms with van der Waals surface area (Å²) in [5.41, 5.74) is -0.365. The molecule has 0 aliphatic carbocycles. The molecule has 0 saturated carbocycles. The zero-order valence-electron chi connectivity index (χ0n) is 11.4. The van der Waals surface area contributed by atoms with Gasteiger partial charge in [0, 0.05) is 19.3 Å². The number of hydrogen-bond donors (Lipinski definition) is 1. The number of nitrogens with zero attached hydrogens (tertiary/aromatic N) is 4. The van der Waals surface area contributed by atoms with Crippen molar-refractivity contribution in [2.45, 2.75) is 32.1 Å². The van der Waals surface area contributed by atoms with E-state index >= 15 is 0 Å². The lowest BCUT2D eigenvalue weighted by Crippen LogP contribution is -2.33. The molecule has 5 nitrogen and oxygen atoms in total. The molecule has 3 heterocycles. The number of nitrogens with one attached hydrogen (secondary N) is 1. The molecular weight excluding hydrogens is 283 g/mol. The fraction of sp³-hybridized carbons (Fsp3) is 0.462. The molecule has 0 saturated heterocycles. The fourth-order valence-corrected chi connectivity index (χ4v) is 2.45. The van der Waals surface area contributed by atoms with Crippen LogP contribution >= 0.6 is 0 Å². The van der Waals surface area contributed by atoms with Crippen LogP contribution in [-0.4, -0.2) is 26.3 Å². The Hall–Kier alpha value is -1.96. The molecule has 1 aliphatic rings. The molecule has 112 valence electrons. The third-order valence-electron chi connectivity index (χ3n) is 3.55. The van der Waals surface area contributed by atoms with Crippen LogP contribution in [0.3, 0.4) is 0 Å². The van der Waals surface area contributed by atoms with Gasteiger partial charge in [0.15, 0.2) is 11.6 Å². The molecule has 1 N–H and O–H groups in total. The second kappa shape index (κ2) is 5.10. The van der Waals surface area contributed by atoms with Gasteiger partial charge in [-0.15, -0.1) is 10.2 Å². The Morgan fingerprint density at radius 3 is 2.76 bits per heavy atom. The average molecular weight is 297 g/mol. The van der Waals surface area contributed by atoms with Gasteiger partial charge in [0.05, 0.1) is 11.6 Å². The minimum absolute atomic E-state index is 0.120. The number of aromatic nitrogens is 4. The van der Waals surface area contributed by atoms with Crippen LogP contribution in [0.25, 0.3) is 11.5 Å². The Morgan fingerprint density at radius 1 is 1.33 bits per heavy atom. The highest BCUT2D eigenvalue weighted by Crippen LogP contribution is 2.30. The molecular formula is C13H14F3N5. The molecule has 0 aromatic carbocycles. The number of halogens is 3. The van der Waals surface area contributed by atoms with Gasteiger partial charge in [-0.25, -0.2) is 0 Å². The number of hydrogen-bond acceptors (Lipinski definition) is 4. The predicted molar refractivity (Wildman–Crippen MR) is 69.3 cm³/mol. The zero-order valence-corrected chi connectivity index (χ0v) is 11.4. The van der Waals surface area contributed by atoms with Crippen molar-refractivity contribution in [3.8, 4) is 11.5 Å². The van der Waals surface area contributed by atoms with Gasteiger partial charge < -0.3 is 9.88 Å². The van der Waals surface area contributed by atoms with Crippen molar-refractivity contribution >= 4 is 0 Å². The highest BCUT2D eigenvalue weighted by atomic mass is 19.4. The van der Waals surface area contributed by atoms with Gasteiger partial charge in [0.2, 0.25) is 0 Å². The summed E-state index contributed by atoms with van der Waals surface area (Å²) < 4.78 is 39.6. The summed E-state index contributed by atoms with van der Waals surface area (Å²) in [5.74, 6) is 1.32. The monoisotopic (exact) mass is 297 g/mol. The Labute approximate surface area is 119 Å². The molecule has 0 fully saturated rings. The number of pyridine rings is 1. The molecule has 3 rings (SSSR count). The van der Waals surface area contributed by atoms with Crippen molar-refractivity contribution in [3.63, 3.8) is 0 Å². The molecule has 2 aromatic rings. The lowest BCUT2D eigenvalue weighted by molar-refractivity contribution is -0.137. The minimum atomic E-state index is -4.38. The van der Waals surface area contributed by atoms with Gasteiger partial charge in [0.25, 0.3) is 0 Å². The van der Waals surface area contributed by atoms with Crippen LogP contribution in [0.15, 0.2) is 18.3 Å². The summed E-state index contributed by atoms with van der Waals surface area (Å²) in [6.45, 7) is 3.49. The van der Waals surface area contributed by atoms with Crippen LogP contribution in [0, 0.1) is 0 Å². The van der Waals surface area contributed by atoms with Crippen LogP contribution in [0.1, 0.15) is 30.8 Å². The van der Waals surface area contributed by atoms with Gasteiger partial charge >= 0.3 is 6.18 Å². The summed E-state index contributed by atoms with van der Waals surface area (Å²) in [4.78, 5) is 3.88. The summed E-state index contributed by atoms with van der Waals surface area (Å²) in [7, 11) is 0. The van der Waals surface area contributed by atoms with Crippen molar-refractivity contribution < 1.29 is 13.2 Å². The highest BCUT2D eigenvalue weighted by Gasteiger charge is 2.31. The largest absolute Gasteiger partial charge is 0.417 e. The van der Waals surface area contributed by atoms with E-state index in [1.807, 2.05) is 11.5 Å². The van der Waals surface area contributed by atoms with Crippen LogP contribution in [0.2, 0.25) is 0 Å². The highest BCUT2D eigenvalue weighted by molar-refractivity contribution is 5.50. The predicted octanol–water partition coefficient (Wildman–Crippen LogP) is 2.41. The van der Waals surface area contributed by atoms with E-state index in [0.29, 0.717) is 18.1 Å². The van der Waals surface area contributed by atoms with E-state index in [9.17, 15) is 13.2 Å². The van der Waals surface area contributed by atoms with Crippen LogP contribution < -0.4 is 5.32 Å². The van der Waals surface area contributed by atoms with E-state index in [2.05, 4.69) is 20.5 Å². The maximum Gasteiger partial charge on any atom is 0.417 e. The molecule has 0 bridgehead atoms. The van der Waals surface area contributed by atoms with E-state index in [0.717, 1.165) is 31.1 Å². The first-order valence-electron chi connectivity index (χ1n) is 6.71. The van der Waals surface area contributed by atoms with E-state index in [1.54, 1.807) is 0 Å². The minimum Gasteiger partial charge on any atom is -0.307 e. The number of fused-ring (bicyclic) bond motifs is 1. The normalized spacial score (nSPS) is 18.6. The third-order valence-corrected chi connectivity index (χ3v) is 3.55. The molecule has 21 heavy (non-hydrogen) atoms. The van der Waals surface area contributed by atoms with Crippen LogP contribution in [0.5, 0.6) is 0 Å². The average Bonchev–Trinajstić information content (AvgIpc) is 2.90. The first kappa shape index (κ1) is 14.0. The summed E-state index contributed by atoms with van der Waals surface area (Å²) in [5, 5.41) is 11.6. The Bertz CT molecular complexity index is 632. The molecule has 1 atom stereocenters. The lowest BCUT2D eigenvalue weighted by atomic mass is 10.1. The van der Waals surface area contributed by atoms with E-state index < -0.39 is 11.7 Å². The maximum absolute atomic E-state index is 12.6. The summed E-state index contributed by atoms with van der Waals surface area (Å²) in [6.07, 6.45) is -2.68. The van der Waals surface area contributed by atoms with Gasteiger partial charge in [0.1, 0.15) is 5.69 Å². The topological polar surface area (TPSA) is 55.6 Å². The molecule has 1 aliphatic heterocycles. The summed E-state index contributed by atoms with van der Waals surface area (Å²) in [6, 6.07) is 2.47. The van der Waals surface area contributed by atoms with Crippen LogP contribution in [0.4, 0.5) is 13.2 Å². The molecule has 0 amide bonds. The molecule has 1 unspecified atom stereocenters. The van der Waals surface area contributed by atoms with Gasteiger partial charge in [-0.2, -0.15) is 13.2 Å². The van der Waals surface area contributed by atoms with E-state index in [4.69, 9.17) is 0 Å². The van der Waals surface area contributed by atoms with Crippen molar-refractivity contribution in [1.82, 2.24) is 25.1 Å². The molecule has 2 aromatic heterocycles. The smallest absolute Gasteiger partial charge is 0.307 e. The first-order valence-corrected chi connectivity index (χ1v) is 6.71. The van der Waals surface area contributed by atoms with E-state index in [-0.39, 0.29) is 6.04 Å². The molecule has 8 heteroatoms. The van der Waals surface area contributed by atoms with E-state index in [1.165, 1.54) is 6.07 Å². The second-order valence-electron chi connectivity index (χ2n) is 4.88. The quantitative estimate of drug-likeness (QED) is 0.925. The summed E-state index contributed by atoms with van der Waals surface area (Å²) >= 11 is 0. The van der Waals surface area contributed by atoms with Crippen molar-refractivity contribution in [3.05, 3.63) is 29.7 Å². The fourth-order valence-electron chi connectivity index (χ4n) is 2.45. The lowest BCUT2D eigenvalue weighted by Gasteiger charge is -2.23.